The van der Waals surface area contributed by atoms with Crippen LogP contribution in [0.4, 0.5) is 5.13 Å². The molecule has 1 aromatic heterocycles. The van der Waals surface area contributed by atoms with Crippen LogP contribution in [0.1, 0.15) is 17.2 Å². The van der Waals surface area contributed by atoms with Crippen LogP contribution in [0.2, 0.25) is 0 Å². The van der Waals surface area contributed by atoms with Gasteiger partial charge in [0, 0.05) is 5.56 Å². The van der Waals surface area contributed by atoms with Crippen molar-refractivity contribution in [3.05, 3.63) is 77.4 Å². The fourth-order valence-electron chi connectivity index (χ4n) is 4.40. The molecule has 2 heterocycles. The van der Waals surface area contributed by atoms with E-state index in [-0.39, 0.29) is 11.3 Å². The summed E-state index contributed by atoms with van der Waals surface area (Å²) >= 11 is 1.25. The van der Waals surface area contributed by atoms with E-state index < -0.39 is 17.7 Å². The zero-order chi connectivity index (χ0) is 27.0. The van der Waals surface area contributed by atoms with E-state index in [1.54, 1.807) is 61.7 Å². The predicted octanol–water partition coefficient (Wildman–Crippen LogP) is 4.96. The van der Waals surface area contributed by atoms with E-state index in [1.807, 2.05) is 6.07 Å². The number of thiazole rings is 1. The summed E-state index contributed by atoms with van der Waals surface area (Å²) in [7, 11) is 6.11. The van der Waals surface area contributed by atoms with Gasteiger partial charge in [0.1, 0.15) is 17.3 Å². The molecule has 1 amide bonds. The summed E-state index contributed by atoms with van der Waals surface area (Å²) in [5.74, 6) is 0.190. The Hall–Kier alpha value is -4.57. The number of aliphatic hydroxyl groups excluding tert-OH is 1. The van der Waals surface area contributed by atoms with E-state index in [1.165, 1.54) is 37.6 Å². The molecule has 3 aromatic carbocycles. The standard InChI is InChI=1S/C28H24N2O7S/c1-34-17-8-5-15(6-9-17)25(31)23-24(16-7-12-20(36-3)21(13-16)37-4)30(27(33)26(23)32)28-29-19-11-10-18(35-2)14-22(19)38-28/h5-14,24,31H,1-4H3/b25-23+/t24-/m1/s1. The number of aromatic nitrogens is 1. The van der Waals surface area contributed by atoms with Crippen molar-refractivity contribution >= 4 is 44.1 Å². The van der Waals surface area contributed by atoms with E-state index in [0.29, 0.717) is 44.8 Å². The second kappa shape index (κ2) is 10.1. The molecule has 38 heavy (non-hydrogen) atoms. The van der Waals surface area contributed by atoms with Gasteiger partial charge in [-0.2, -0.15) is 0 Å². The molecule has 1 fully saturated rings. The highest BCUT2D eigenvalue weighted by Gasteiger charge is 2.48. The lowest BCUT2D eigenvalue weighted by molar-refractivity contribution is -0.132. The lowest BCUT2D eigenvalue weighted by Crippen LogP contribution is -2.29. The highest BCUT2D eigenvalue weighted by atomic mass is 32.1. The van der Waals surface area contributed by atoms with Gasteiger partial charge in [-0.15, -0.1) is 0 Å². The van der Waals surface area contributed by atoms with Crippen molar-refractivity contribution in [3.8, 4) is 23.0 Å². The highest BCUT2D eigenvalue weighted by molar-refractivity contribution is 7.22. The normalized spacial score (nSPS) is 16.6. The first-order valence-corrected chi connectivity index (χ1v) is 12.3. The number of fused-ring (bicyclic) bond motifs is 1. The Kier molecular flexibility index (Phi) is 6.64. The average Bonchev–Trinajstić information content (AvgIpc) is 3.49. The molecular formula is C28H24N2O7S. The molecule has 1 saturated heterocycles. The maximum Gasteiger partial charge on any atom is 0.301 e. The number of Topliss-reactive ketones (excluding diaryl/α,β-unsaturated/α-hetero) is 1. The Balaban J connectivity index is 1.72. The average molecular weight is 533 g/mol. The maximum atomic E-state index is 13.5. The molecule has 10 heteroatoms. The molecular weight excluding hydrogens is 508 g/mol. The molecule has 4 aromatic rings. The van der Waals surface area contributed by atoms with Gasteiger partial charge < -0.3 is 24.1 Å². The van der Waals surface area contributed by atoms with Crippen LogP contribution >= 0.6 is 11.3 Å². The summed E-state index contributed by atoms with van der Waals surface area (Å²) in [4.78, 5) is 32.9. The maximum absolute atomic E-state index is 13.5. The number of anilines is 1. The van der Waals surface area contributed by atoms with Gasteiger partial charge in [-0.25, -0.2) is 4.98 Å². The van der Waals surface area contributed by atoms with Gasteiger partial charge in [0.2, 0.25) is 0 Å². The summed E-state index contributed by atoms with van der Waals surface area (Å²) in [5.41, 5.74) is 1.48. The summed E-state index contributed by atoms with van der Waals surface area (Å²) in [6, 6.07) is 16.1. The quantitative estimate of drug-likeness (QED) is 0.202. The summed E-state index contributed by atoms with van der Waals surface area (Å²) in [6.45, 7) is 0. The van der Waals surface area contributed by atoms with Crippen LogP contribution in [0.15, 0.2) is 66.2 Å². The lowest BCUT2D eigenvalue weighted by Gasteiger charge is -2.23. The Bertz CT molecular complexity index is 1580. The SMILES string of the molecule is COc1ccc(/C(O)=C2\C(=O)C(=O)N(c3nc4ccc(OC)cc4s3)[C@@H]2c2ccc(OC)c(OC)c2)cc1. The van der Waals surface area contributed by atoms with Gasteiger partial charge in [-0.3, -0.25) is 14.5 Å². The number of ketones is 1. The monoisotopic (exact) mass is 532 g/mol. The van der Waals surface area contributed by atoms with Gasteiger partial charge in [-0.05, 0) is 60.2 Å². The van der Waals surface area contributed by atoms with E-state index in [0.717, 1.165) is 4.70 Å². The molecule has 0 unspecified atom stereocenters. The van der Waals surface area contributed by atoms with E-state index >= 15 is 0 Å². The molecule has 194 valence electrons. The van der Waals surface area contributed by atoms with Gasteiger partial charge in [0.15, 0.2) is 16.6 Å². The van der Waals surface area contributed by atoms with Crippen LogP contribution < -0.4 is 23.8 Å². The van der Waals surface area contributed by atoms with Gasteiger partial charge in [0.05, 0.1) is 50.3 Å². The first kappa shape index (κ1) is 25.1. The topological polar surface area (TPSA) is 107 Å². The lowest BCUT2D eigenvalue weighted by atomic mass is 9.95. The number of benzene rings is 3. The Labute approximate surface area is 222 Å². The molecule has 0 aliphatic carbocycles. The molecule has 0 bridgehead atoms. The van der Waals surface area contributed by atoms with Crippen LogP contribution in [0.5, 0.6) is 23.0 Å². The third kappa shape index (κ3) is 4.18. The zero-order valence-electron chi connectivity index (χ0n) is 21.1. The number of amides is 1. The molecule has 1 N–H and O–H groups in total. The first-order chi connectivity index (χ1) is 18.4. The first-order valence-electron chi connectivity index (χ1n) is 11.5. The molecule has 9 nitrogen and oxygen atoms in total. The van der Waals surface area contributed by atoms with Gasteiger partial charge in [-0.1, -0.05) is 17.4 Å². The summed E-state index contributed by atoms with van der Waals surface area (Å²) in [6.07, 6.45) is 0. The number of ether oxygens (including phenoxy) is 4. The number of methoxy groups -OCH3 is 4. The number of hydrogen-bond acceptors (Lipinski definition) is 9. The number of hydrogen-bond donors (Lipinski definition) is 1. The molecule has 5 rings (SSSR count). The van der Waals surface area contributed by atoms with Crippen LogP contribution in [0, 0.1) is 0 Å². The number of aliphatic hydroxyl groups is 1. The smallest absolute Gasteiger partial charge is 0.301 e. The predicted molar refractivity (Wildman–Crippen MR) is 143 cm³/mol. The van der Waals surface area contributed by atoms with Crippen molar-refractivity contribution in [2.45, 2.75) is 6.04 Å². The summed E-state index contributed by atoms with van der Waals surface area (Å²) < 4.78 is 22.1. The van der Waals surface area contributed by atoms with Crippen molar-refractivity contribution < 1.29 is 33.6 Å². The Morgan fingerprint density at radius 3 is 2.18 bits per heavy atom. The zero-order valence-corrected chi connectivity index (χ0v) is 21.9. The minimum atomic E-state index is -0.973. The second-order valence-electron chi connectivity index (χ2n) is 8.34. The highest BCUT2D eigenvalue weighted by Crippen LogP contribution is 2.46. The van der Waals surface area contributed by atoms with Crippen molar-refractivity contribution in [1.82, 2.24) is 4.98 Å². The van der Waals surface area contributed by atoms with E-state index in [2.05, 4.69) is 4.98 Å². The Morgan fingerprint density at radius 1 is 0.842 bits per heavy atom. The fraction of sp³-hybridized carbons (Fsp3) is 0.179. The molecule has 0 radical (unpaired) electrons. The third-order valence-electron chi connectivity index (χ3n) is 6.32. The molecule has 0 saturated carbocycles. The molecule has 1 atom stereocenters. The number of nitrogens with zero attached hydrogens (tertiary/aromatic N) is 2. The minimum absolute atomic E-state index is 0.0655. The molecule has 1 aliphatic heterocycles. The van der Waals surface area contributed by atoms with Crippen molar-refractivity contribution in [2.24, 2.45) is 0 Å². The largest absolute Gasteiger partial charge is 0.507 e. The second-order valence-corrected chi connectivity index (χ2v) is 9.35. The van der Waals surface area contributed by atoms with Gasteiger partial charge in [0.25, 0.3) is 5.78 Å². The van der Waals surface area contributed by atoms with Crippen molar-refractivity contribution in [3.63, 3.8) is 0 Å². The minimum Gasteiger partial charge on any atom is -0.507 e. The summed E-state index contributed by atoms with van der Waals surface area (Å²) in [5, 5.41) is 11.7. The van der Waals surface area contributed by atoms with Crippen LogP contribution in [-0.2, 0) is 9.59 Å². The molecule has 1 aliphatic rings. The Morgan fingerprint density at radius 2 is 1.53 bits per heavy atom. The van der Waals surface area contributed by atoms with Gasteiger partial charge >= 0.3 is 5.91 Å². The number of carbonyl (C=O) groups excluding carboxylic acids is 2. The fourth-order valence-corrected chi connectivity index (χ4v) is 5.42. The van der Waals surface area contributed by atoms with Crippen LogP contribution in [0.25, 0.3) is 16.0 Å². The van der Waals surface area contributed by atoms with Crippen molar-refractivity contribution in [2.75, 3.05) is 33.3 Å². The molecule has 0 spiro atoms. The van der Waals surface area contributed by atoms with Crippen molar-refractivity contribution in [1.29, 1.82) is 0 Å². The van der Waals surface area contributed by atoms with E-state index in [4.69, 9.17) is 18.9 Å². The van der Waals surface area contributed by atoms with Crippen LogP contribution in [-0.4, -0.2) is 50.2 Å². The van der Waals surface area contributed by atoms with Crippen LogP contribution in [0.3, 0.4) is 0 Å². The third-order valence-corrected chi connectivity index (χ3v) is 7.34. The number of rotatable bonds is 7. The number of carbonyl (C=O) groups is 2. The van der Waals surface area contributed by atoms with E-state index in [9.17, 15) is 14.7 Å².